The number of methoxy groups -OCH3 is 1. The number of rotatable bonds is 5. The highest BCUT2D eigenvalue weighted by atomic mass is 19.3. The number of fused-ring (bicyclic) bond motifs is 2. The minimum atomic E-state index is -2.77. The van der Waals surface area contributed by atoms with E-state index in [0.29, 0.717) is 5.69 Å². The fraction of sp³-hybridized carbons (Fsp3) is 0.238. The number of aromatic nitrogens is 4. The Bertz CT molecular complexity index is 1260. The zero-order valence-electron chi connectivity index (χ0n) is 16.6. The Labute approximate surface area is 170 Å². The van der Waals surface area contributed by atoms with Crippen LogP contribution in [0.5, 0.6) is 5.75 Å². The summed E-state index contributed by atoms with van der Waals surface area (Å²) < 4.78 is 32.9. The molecule has 7 nitrogen and oxygen atoms in total. The molecule has 30 heavy (non-hydrogen) atoms. The molecule has 1 unspecified atom stereocenters. The summed E-state index contributed by atoms with van der Waals surface area (Å²) in [4.78, 5) is 20.8. The molecule has 9 heteroatoms. The molecule has 1 atom stereocenters. The SMILES string of the molecule is COc1ccc(C(C)NC(=O)c2nc3nc(C)cc(C(F)F)n3n2)c2ccccc12. The summed E-state index contributed by atoms with van der Waals surface area (Å²) >= 11 is 0. The van der Waals surface area contributed by atoms with Crippen molar-refractivity contribution in [1.29, 1.82) is 0 Å². The monoisotopic (exact) mass is 411 g/mol. The molecule has 154 valence electrons. The van der Waals surface area contributed by atoms with E-state index in [1.807, 2.05) is 43.3 Å². The van der Waals surface area contributed by atoms with Gasteiger partial charge in [0.1, 0.15) is 11.4 Å². The van der Waals surface area contributed by atoms with Gasteiger partial charge in [-0.05, 0) is 36.9 Å². The summed E-state index contributed by atoms with van der Waals surface area (Å²) in [5.74, 6) is -0.112. The van der Waals surface area contributed by atoms with E-state index in [1.54, 1.807) is 14.0 Å². The molecule has 4 rings (SSSR count). The first kappa shape index (κ1) is 19.7. The van der Waals surface area contributed by atoms with Crippen LogP contribution in [0.3, 0.4) is 0 Å². The molecule has 0 saturated heterocycles. The van der Waals surface area contributed by atoms with E-state index in [4.69, 9.17) is 4.74 Å². The number of aryl methyl sites for hydroxylation is 1. The third-order valence-electron chi connectivity index (χ3n) is 4.85. The van der Waals surface area contributed by atoms with Gasteiger partial charge in [0.15, 0.2) is 0 Å². The molecule has 2 aromatic heterocycles. The third kappa shape index (κ3) is 3.42. The van der Waals surface area contributed by atoms with Crippen LogP contribution >= 0.6 is 0 Å². The summed E-state index contributed by atoms with van der Waals surface area (Å²) in [7, 11) is 1.60. The van der Waals surface area contributed by atoms with E-state index in [2.05, 4.69) is 20.4 Å². The number of halogens is 2. The van der Waals surface area contributed by atoms with Crippen molar-refractivity contribution in [2.75, 3.05) is 7.11 Å². The van der Waals surface area contributed by atoms with Gasteiger partial charge in [-0.3, -0.25) is 4.79 Å². The first-order chi connectivity index (χ1) is 14.4. The summed E-state index contributed by atoms with van der Waals surface area (Å²) in [6.45, 7) is 3.41. The molecule has 0 aliphatic rings. The summed E-state index contributed by atoms with van der Waals surface area (Å²) in [5, 5.41) is 8.63. The highest BCUT2D eigenvalue weighted by Crippen LogP contribution is 2.31. The molecular weight excluding hydrogens is 392 g/mol. The van der Waals surface area contributed by atoms with Crippen molar-refractivity contribution in [1.82, 2.24) is 24.9 Å². The van der Waals surface area contributed by atoms with Crippen LogP contribution in [0.2, 0.25) is 0 Å². The smallest absolute Gasteiger partial charge is 0.291 e. The Hall–Kier alpha value is -3.62. The average molecular weight is 411 g/mol. The van der Waals surface area contributed by atoms with Gasteiger partial charge >= 0.3 is 0 Å². The number of carbonyl (C=O) groups excluding carboxylic acids is 1. The Morgan fingerprint density at radius 1 is 1.13 bits per heavy atom. The van der Waals surface area contributed by atoms with Crippen LogP contribution in [-0.4, -0.2) is 32.6 Å². The summed E-state index contributed by atoms with van der Waals surface area (Å²) in [6.07, 6.45) is -2.77. The zero-order chi connectivity index (χ0) is 21.4. The summed E-state index contributed by atoms with van der Waals surface area (Å²) in [6, 6.07) is 12.3. The fourth-order valence-corrected chi connectivity index (χ4v) is 3.46. The van der Waals surface area contributed by atoms with Crippen LogP contribution in [0.15, 0.2) is 42.5 Å². The van der Waals surface area contributed by atoms with Crippen LogP contribution < -0.4 is 10.1 Å². The van der Waals surface area contributed by atoms with Gasteiger partial charge in [-0.15, -0.1) is 5.10 Å². The van der Waals surface area contributed by atoms with Crippen molar-refractivity contribution in [3.8, 4) is 5.75 Å². The number of amides is 1. The quantitative estimate of drug-likeness (QED) is 0.536. The highest BCUT2D eigenvalue weighted by molar-refractivity contribution is 5.94. The molecule has 0 aliphatic heterocycles. The highest BCUT2D eigenvalue weighted by Gasteiger charge is 2.22. The fourth-order valence-electron chi connectivity index (χ4n) is 3.46. The topological polar surface area (TPSA) is 81.4 Å². The number of alkyl halides is 2. The van der Waals surface area contributed by atoms with E-state index in [0.717, 1.165) is 26.6 Å². The van der Waals surface area contributed by atoms with Crippen LogP contribution in [0.4, 0.5) is 8.78 Å². The number of benzene rings is 2. The van der Waals surface area contributed by atoms with Crippen LogP contribution in [0.1, 0.15) is 47.0 Å². The van der Waals surface area contributed by atoms with E-state index in [1.165, 1.54) is 6.07 Å². The van der Waals surface area contributed by atoms with Gasteiger partial charge in [0.25, 0.3) is 18.1 Å². The van der Waals surface area contributed by atoms with Gasteiger partial charge in [0.2, 0.25) is 5.82 Å². The van der Waals surface area contributed by atoms with Crippen molar-refractivity contribution in [3.05, 3.63) is 65.2 Å². The van der Waals surface area contributed by atoms with Crippen LogP contribution in [-0.2, 0) is 0 Å². The maximum atomic E-state index is 13.3. The molecule has 0 radical (unpaired) electrons. The van der Waals surface area contributed by atoms with Crippen molar-refractivity contribution < 1.29 is 18.3 Å². The average Bonchev–Trinajstić information content (AvgIpc) is 3.16. The molecule has 0 fully saturated rings. The number of hydrogen-bond donors (Lipinski definition) is 1. The first-order valence-corrected chi connectivity index (χ1v) is 9.28. The molecule has 2 heterocycles. The minimum absolute atomic E-state index is 0.0435. The van der Waals surface area contributed by atoms with Gasteiger partial charge in [-0.1, -0.05) is 30.3 Å². The molecule has 1 amide bonds. The number of carbonyl (C=O) groups is 1. The molecule has 2 aromatic carbocycles. The Morgan fingerprint density at radius 3 is 2.57 bits per heavy atom. The van der Waals surface area contributed by atoms with Crippen molar-refractivity contribution in [2.24, 2.45) is 0 Å². The first-order valence-electron chi connectivity index (χ1n) is 9.28. The molecule has 1 N–H and O–H groups in total. The predicted molar refractivity (Wildman–Crippen MR) is 107 cm³/mol. The molecule has 0 bridgehead atoms. The molecule has 0 saturated carbocycles. The Morgan fingerprint density at radius 2 is 1.87 bits per heavy atom. The maximum Gasteiger partial charge on any atom is 0.291 e. The standard InChI is InChI=1S/C21H19F2N5O2/c1-11-10-16(18(22)23)28-21(24-11)26-19(27-28)20(29)25-12(2)13-8-9-17(30-3)15-7-5-4-6-14(13)15/h4-10,12,18H,1-3H3,(H,25,29). The Kier molecular flexibility index (Phi) is 5.03. The zero-order valence-corrected chi connectivity index (χ0v) is 16.6. The van der Waals surface area contributed by atoms with Crippen molar-refractivity contribution in [2.45, 2.75) is 26.3 Å². The molecule has 0 spiro atoms. The van der Waals surface area contributed by atoms with Crippen LogP contribution in [0, 0.1) is 6.92 Å². The summed E-state index contributed by atoms with van der Waals surface area (Å²) in [5.41, 5.74) is 0.888. The number of hydrogen-bond acceptors (Lipinski definition) is 5. The second kappa shape index (κ2) is 7.66. The van der Waals surface area contributed by atoms with Crippen molar-refractivity contribution in [3.63, 3.8) is 0 Å². The lowest BCUT2D eigenvalue weighted by Gasteiger charge is -2.17. The minimum Gasteiger partial charge on any atom is -0.496 e. The number of ether oxygens (including phenoxy) is 1. The van der Waals surface area contributed by atoms with Gasteiger partial charge in [-0.25, -0.2) is 13.8 Å². The van der Waals surface area contributed by atoms with Crippen molar-refractivity contribution >= 4 is 22.5 Å². The second-order valence-corrected chi connectivity index (χ2v) is 6.87. The van der Waals surface area contributed by atoms with E-state index < -0.39 is 12.3 Å². The Balaban J connectivity index is 1.66. The van der Waals surface area contributed by atoms with Gasteiger partial charge in [0.05, 0.1) is 13.2 Å². The lowest BCUT2D eigenvalue weighted by Crippen LogP contribution is -2.27. The van der Waals surface area contributed by atoms with Gasteiger partial charge < -0.3 is 10.1 Å². The lowest BCUT2D eigenvalue weighted by atomic mass is 9.99. The van der Waals surface area contributed by atoms with Gasteiger partial charge in [0, 0.05) is 11.1 Å². The lowest BCUT2D eigenvalue weighted by molar-refractivity contribution is 0.0929. The normalized spacial score (nSPS) is 12.5. The molecule has 0 aliphatic carbocycles. The third-order valence-corrected chi connectivity index (χ3v) is 4.85. The maximum absolute atomic E-state index is 13.3. The number of nitrogens with one attached hydrogen (secondary N) is 1. The van der Waals surface area contributed by atoms with Gasteiger partial charge in [-0.2, -0.15) is 9.50 Å². The molecule has 4 aromatic rings. The predicted octanol–water partition coefficient (Wildman–Crippen LogP) is 4.02. The van der Waals surface area contributed by atoms with Crippen LogP contribution in [0.25, 0.3) is 16.6 Å². The van der Waals surface area contributed by atoms with E-state index in [-0.39, 0.29) is 23.3 Å². The van der Waals surface area contributed by atoms with E-state index in [9.17, 15) is 13.6 Å². The largest absolute Gasteiger partial charge is 0.496 e. The second-order valence-electron chi connectivity index (χ2n) is 6.87. The number of nitrogens with zero attached hydrogens (tertiary/aromatic N) is 4. The molecular formula is C21H19F2N5O2. The van der Waals surface area contributed by atoms with E-state index >= 15 is 0 Å².